The van der Waals surface area contributed by atoms with E-state index in [1.165, 1.54) is 0 Å². The third-order valence-corrected chi connectivity index (χ3v) is 1.33. The number of allylic oxidation sites excluding steroid dienone is 4. The molecule has 0 nitrogen and oxygen atoms in total. The minimum Gasteiger partial charge on any atom is -0.269 e. The topological polar surface area (TPSA) is 0 Å². The zero-order chi connectivity index (χ0) is 6.04. The standard InChI is InChI=1S/C8H11.Ti/c1-8(2)6-4-3-5-7-8;/h3-5H,6H2,1-2H3;/q-1;. The largest absolute Gasteiger partial charge is 0.269 e. The van der Waals surface area contributed by atoms with Crippen molar-refractivity contribution in [2.45, 2.75) is 20.3 Å². The van der Waals surface area contributed by atoms with Crippen LogP contribution in [0.5, 0.6) is 0 Å². The summed E-state index contributed by atoms with van der Waals surface area (Å²) in [7, 11) is 0. The molecule has 1 rings (SSSR count). The van der Waals surface area contributed by atoms with Crippen molar-refractivity contribution < 1.29 is 21.7 Å². The van der Waals surface area contributed by atoms with E-state index in [9.17, 15) is 0 Å². The molecule has 0 heterocycles. The van der Waals surface area contributed by atoms with Gasteiger partial charge in [-0.25, -0.2) is 12.2 Å². The van der Waals surface area contributed by atoms with Crippen LogP contribution in [0.1, 0.15) is 20.3 Å². The van der Waals surface area contributed by atoms with Crippen LogP contribution < -0.4 is 0 Å². The fraction of sp³-hybridized carbons (Fsp3) is 0.500. The van der Waals surface area contributed by atoms with Crippen molar-refractivity contribution >= 4 is 0 Å². The Labute approximate surface area is 71.9 Å². The Balaban J connectivity index is 0.000000640. The molecule has 0 radical (unpaired) electrons. The second-order valence-corrected chi connectivity index (χ2v) is 2.83. The zero-order valence-electron chi connectivity index (χ0n) is 5.94. The monoisotopic (exact) mass is 155 g/mol. The zero-order valence-corrected chi connectivity index (χ0v) is 7.50. The van der Waals surface area contributed by atoms with Gasteiger partial charge in [0.15, 0.2) is 0 Å². The molecule has 0 saturated heterocycles. The molecule has 9 heavy (non-hydrogen) atoms. The van der Waals surface area contributed by atoms with E-state index in [1.54, 1.807) is 0 Å². The summed E-state index contributed by atoms with van der Waals surface area (Å²) >= 11 is 0. The van der Waals surface area contributed by atoms with Gasteiger partial charge in [0.1, 0.15) is 0 Å². The van der Waals surface area contributed by atoms with E-state index < -0.39 is 0 Å². The van der Waals surface area contributed by atoms with Gasteiger partial charge in [-0.1, -0.05) is 25.7 Å². The molecular weight excluding hydrogens is 144 g/mol. The van der Waals surface area contributed by atoms with Crippen LogP contribution in [0.15, 0.2) is 18.2 Å². The summed E-state index contributed by atoms with van der Waals surface area (Å²) in [5, 5.41) is 0. The van der Waals surface area contributed by atoms with Gasteiger partial charge in [0.2, 0.25) is 0 Å². The van der Waals surface area contributed by atoms with Crippen molar-refractivity contribution in [1.29, 1.82) is 0 Å². The van der Waals surface area contributed by atoms with Crippen molar-refractivity contribution in [2.24, 2.45) is 5.41 Å². The van der Waals surface area contributed by atoms with E-state index in [0.717, 1.165) is 6.42 Å². The summed E-state index contributed by atoms with van der Waals surface area (Å²) in [5.41, 5.74) is 0.286. The second-order valence-electron chi connectivity index (χ2n) is 2.83. The first-order chi connectivity index (χ1) is 3.71. The van der Waals surface area contributed by atoms with Crippen LogP contribution in [0.2, 0.25) is 0 Å². The Bertz CT molecular complexity index is 132. The Hall–Kier alpha value is 0.194. The maximum Gasteiger partial charge on any atom is 0 e. The molecule has 0 unspecified atom stereocenters. The van der Waals surface area contributed by atoms with Crippen LogP contribution in [0.4, 0.5) is 0 Å². The quantitative estimate of drug-likeness (QED) is 0.372. The average Bonchev–Trinajstić information content (AvgIpc) is 1.65. The molecule has 48 valence electrons. The minimum absolute atomic E-state index is 0. The third kappa shape index (κ3) is 3.03. The third-order valence-electron chi connectivity index (χ3n) is 1.33. The summed E-state index contributed by atoms with van der Waals surface area (Å²) in [5.74, 6) is 0. The molecule has 0 amide bonds. The Morgan fingerprint density at radius 3 is 2.33 bits per heavy atom. The smallest absolute Gasteiger partial charge is 0 e. The van der Waals surface area contributed by atoms with Gasteiger partial charge < -0.3 is 0 Å². The molecular formula is C8H11Ti-. The Kier molecular flexibility index (Phi) is 3.46. The summed E-state index contributed by atoms with van der Waals surface area (Å²) in [6.07, 6.45) is 10.6. The van der Waals surface area contributed by atoms with Crippen molar-refractivity contribution in [1.82, 2.24) is 0 Å². The van der Waals surface area contributed by atoms with Crippen LogP contribution in [0.25, 0.3) is 0 Å². The molecule has 0 aromatic heterocycles. The van der Waals surface area contributed by atoms with Gasteiger partial charge in [-0.2, -0.15) is 6.08 Å². The normalized spacial score (nSPS) is 21.1. The van der Waals surface area contributed by atoms with Gasteiger partial charge >= 0.3 is 0 Å². The Morgan fingerprint density at radius 2 is 2.11 bits per heavy atom. The summed E-state index contributed by atoms with van der Waals surface area (Å²) < 4.78 is 0. The van der Waals surface area contributed by atoms with E-state index in [-0.39, 0.29) is 27.1 Å². The Morgan fingerprint density at radius 1 is 1.44 bits per heavy atom. The molecule has 1 aliphatic rings. The van der Waals surface area contributed by atoms with Crippen molar-refractivity contribution in [2.75, 3.05) is 0 Å². The van der Waals surface area contributed by atoms with Crippen LogP contribution in [0.3, 0.4) is 0 Å². The van der Waals surface area contributed by atoms with Crippen molar-refractivity contribution in [3.63, 3.8) is 0 Å². The van der Waals surface area contributed by atoms with E-state index in [4.69, 9.17) is 0 Å². The van der Waals surface area contributed by atoms with E-state index in [0.29, 0.717) is 0 Å². The summed E-state index contributed by atoms with van der Waals surface area (Å²) in [4.78, 5) is 0. The van der Waals surface area contributed by atoms with Gasteiger partial charge in [0.25, 0.3) is 0 Å². The van der Waals surface area contributed by atoms with Gasteiger partial charge in [-0.3, -0.25) is 6.08 Å². The van der Waals surface area contributed by atoms with Gasteiger partial charge in [0, 0.05) is 21.7 Å². The van der Waals surface area contributed by atoms with Crippen molar-refractivity contribution in [3.8, 4) is 0 Å². The van der Waals surface area contributed by atoms with Gasteiger partial charge in [-0.15, -0.1) is 0 Å². The summed E-state index contributed by atoms with van der Waals surface area (Å²) in [6, 6.07) is 0. The second kappa shape index (κ2) is 3.38. The van der Waals surface area contributed by atoms with Crippen LogP contribution in [0, 0.1) is 11.5 Å². The van der Waals surface area contributed by atoms with E-state index in [1.807, 2.05) is 12.2 Å². The minimum atomic E-state index is 0. The maximum absolute atomic E-state index is 3.25. The summed E-state index contributed by atoms with van der Waals surface area (Å²) in [6.45, 7) is 4.38. The fourth-order valence-electron chi connectivity index (χ4n) is 0.763. The molecule has 0 spiro atoms. The van der Waals surface area contributed by atoms with E-state index >= 15 is 0 Å². The molecule has 0 aromatic rings. The van der Waals surface area contributed by atoms with E-state index in [2.05, 4.69) is 26.0 Å². The maximum atomic E-state index is 3.25. The first-order valence-electron chi connectivity index (χ1n) is 2.97. The molecule has 1 heteroatoms. The van der Waals surface area contributed by atoms with Gasteiger partial charge in [-0.05, 0) is 0 Å². The SMILES string of the molecule is CC1(C)[C-]=CC=CC1.[Ti]. The number of hydrogen-bond donors (Lipinski definition) is 0. The van der Waals surface area contributed by atoms with Crippen LogP contribution in [-0.4, -0.2) is 0 Å². The molecule has 0 fully saturated rings. The van der Waals surface area contributed by atoms with Crippen LogP contribution in [-0.2, 0) is 21.7 Å². The predicted molar refractivity (Wildman–Crippen MR) is 35.4 cm³/mol. The number of hydrogen-bond acceptors (Lipinski definition) is 0. The fourth-order valence-corrected chi connectivity index (χ4v) is 0.763. The predicted octanol–water partition coefficient (Wildman–Crippen LogP) is 2.33. The molecule has 0 atom stereocenters. The van der Waals surface area contributed by atoms with Crippen molar-refractivity contribution in [3.05, 3.63) is 24.3 Å². The molecule has 1 aliphatic carbocycles. The van der Waals surface area contributed by atoms with Crippen LogP contribution >= 0.6 is 0 Å². The number of rotatable bonds is 0. The van der Waals surface area contributed by atoms with Gasteiger partial charge in [0.05, 0.1) is 0 Å². The average molecular weight is 155 g/mol. The first-order valence-corrected chi connectivity index (χ1v) is 2.97. The molecule has 0 saturated carbocycles. The molecule has 0 N–H and O–H groups in total. The molecule has 0 aromatic carbocycles. The molecule has 0 aliphatic heterocycles. The molecule has 0 bridgehead atoms. The first kappa shape index (κ1) is 9.19.